The number of nitrogens with one attached hydrogen (secondary N) is 2. The van der Waals surface area contributed by atoms with Crippen LogP contribution in [0, 0.1) is 10.1 Å². The molecule has 7 nitrogen and oxygen atoms in total. The highest BCUT2D eigenvalue weighted by molar-refractivity contribution is 7.15. The van der Waals surface area contributed by atoms with E-state index in [2.05, 4.69) is 15.4 Å². The quantitative estimate of drug-likeness (QED) is 0.652. The van der Waals surface area contributed by atoms with Crippen molar-refractivity contribution in [2.75, 3.05) is 17.7 Å². The Morgan fingerprint density at radius 2 is 2.10 bits per heavy atom. The van der Waals surface area contributed by atoms with E-state index in [1.54, 1.807) is 24.3 Å². The Balaban J connectivity index is 1.97. The molecule has 0 unspecified atom stereocenters. The number of carbonyl (C=O) groups excluding carboxylic acids is 1. The molecule has 0 aliphatic heterocycles. The lowest BCUT2D eigenvalue weighted by atomic mass is 10.2. The first-order chi connectivity index (χ1) is 10.1. The van der Waals surface area contributed by atoms with Gasteiger partial charge in [-0.2, -0.15) is 0 Å². The fourth-order valence-electron chi connectivity index (χ4n) is 1.62. The average molecular weight is 307 g/mol. The summed E-state index contributed by atoms with van der Waals surface area (Å²) < 4.78 is 4.52. The normalized spacial score (nSPS) is 9.95. The molecule has 1 amide bonds. The predicted octanol–water partition coefficient (Wildman–Crippen LogP) is 3.45. The van der Waals surface area contributed by atoms with Gasteiger partial charge in [0.2, 0.25) is 0 Å². The smallest absolute Gasteiger partial charge is 0.411 e. The lowest BCUT2D eigenvalue weighted by Gasteiger charge is -2.08. The van der Waals surface area contributed by atoms with Crippen molar-refractivity contribution in [2.45, 2.75) is 6.54 Å². The summed E-state index contributed by atoms with van der Waals surface area (Å²) in [6.07, 6.45) is -0.541. The maximum atomic E-state index is 11.1. The summed E-state index contributed by atoms with van der Waals surface area (Å²) in [5.41, 5.74) is 1.39. The average Bonchev–Trinajstić information content (AvgIpc) is 2.94. The van der Waals surface area contributed by atoms with Crippen LogP contribution in [0.2, 0.25) is 0 Å². The zero-order valence-electron chi connectivity index (χ0n) is 11.2. The van der Waals surface area contributed by atoms with Crippen LogP contribution in [0.4, 0.5) is 21.2 Å². The van der Waals surface area contributed by atoms with Crippen LogP contribution in [0.1, 0.15) is 4.88 Å². The van der Waals surface area contributed by atoms with Gasteiger partial charge in [0.15, 0.2) is 0 Å². The third kappa shape index (κ3) is 4.18. The van der Waals surface area contributed by atoms with E-state index in [4.69, 9.17) is 0 Å². The summed E-state index contributed by atoms with van der Waals surface area (Å²) in [4.78, 5) is 22.2. The molecule has 21 heavy (non-hydrogen) atoms. The minimum absolute atomic E-state index is 0.118. The zero-order chi connectivity index (χ0) is 15.2. The Morgan fingerprint density at radius 3 is 2.76 bits per heavy atom. The minimum Gasteiger partial charge on any atom is -0.453 e. The van der Waals surface area contributed by atoms with Gasteiger partial charge in [0, 0.05) is 28.9 Å². The molecular weight excluding hydrogens is 294 g/mol. The number of carbonyl (C=O) groups is 1. The number of ether oxygens (including phenoxy) is 1. The molecule has 0 aliphatic rings. The van der Waals surface area contributed by atoms with Crippen LogP contribution in [-0.2, 0) is 11.3 Å². The number of nitro groups is 1. The summed E-state index contributed by atoms with van der Waals surface area (Å²) in [5.74, 6) is 0. The van der Waals surface area contributed by atoms with E-state index >= 15 is 0 Å². The maximum absolute atomic E-state index is 11.1. The number of methoxy groups -OCH3 is 1. The number of rotatable bonds is 5. The molecule has 0 saturated heterocycles. The Bertz CT molecular complexity index is 656. The SMILES string of the molecule is COC(=O)Nc1cccc(NCc2ccc([N+](=O)[O-])s2)c1. The van der Waals surface area contributed by atoms with Gasteiger partial charge in [0.25, 0.3) is 0 Å². The number of hydrogen-bond donors (Lipinski definition) is 2. The van der Waals surface area contributed by atoms with Crippen molar-refractivity contribution in [2.24, 2.45) is 0 Å². The summed E-state index contributed by atoms with van der Waals surface area (Å²) in [6, 6.07) is 10.3. The molecule has 0 saturated carbocycles. The monoisotopic (exact) mass is 307 g/mol. The van der Waals surface area contributed by atoms with E-state index in [0.29, 0.717) is 12.2 Å². The molecule has 1 heterocycles. The lowest BCUT2D eigenvalue weighted by molar-refractivity contribution is -0.380. The van der Waals surface area contributed by atoms with Crippen LogP contribution < -0.4 is 10.6 Å². The number of amides is 1. The number of thiophene rings is 1. The zero-order valence-corrected chi connectivity index (χ0v) is 12.0. The number of benzene rings is 1. The molecule has 2 N–H and O–H groups in total. The Hall–Kier alpha value is -2.61. The van der Waals surface area contributed by atoms with Crippen molar-refractivity contribution in [3.63, 3.8) is 0 Å². The topological polar surface area (TPSA) is 93.5 Å². The van der Waals surface area contributed by atoms with E-state index in [0.717, 1.165) is 21.9 Å². The molecule has 110 valence electrons. The second-order valence-electron chi connectivity index (χ2n) is 4.05. The van der Waals surface area contributed by atoms with Gasteiger partial charge in [-0.1, -0.05) is 17.4 Å². The van der Waals surface area contributed by atoms with Crippen molar-refractivity contribution >= 4 is 33.8 Å². The van der Waals surface area contributed by atoms with E-state index in [9.17, 15) is 14.9 Å². The van der Waals surface area contributed by atoms with Crippen LogP contribution in [0.3, 0.4) is 0 Å². The van der Waals surface area contributed by atoms with Gasteiger partial charge >= 0.3 is 11.1 Å². The van der Waals surface area contributed by atoms with Crippen molar-refractivity contribution in [1.82, 2.24) is 0 Å². The van der Waals surface area contributed by atoms with E-state index in [-0.39, 0.29) is 5.00 Å². The fraction of sp³-hybridized carbons (Fsp3) is 0.154. The summed E-state index contributed by atoms with van der Waals surface area (Å²) in [7, 11) is 1.29. The van der Waals surface area contributed by atoms with Gasteiger partial charge < -0.3 is 10.1 Å². The molecular formula is C13H13N3O4S. The van der Waals surface area contributed by atoms with Crippen LogP contribution in [0.25, 0.3) is 0 Å². The molecule has 1 aromatic heterocycles. The predicted molar refractivity (Wildman–Crippen MR) is 80.8 cm³/mol. The van der Waals surface area contributed by atoms with Gasteiger partial charge in [-0.15, -0.1) is 0 Å². The molecule has 0 aliphatic carbocycles. The van der Waals surface area contributed by atoms with Crippen molar-refractivity contribution in [3.05, 3.63) is 51.4 Å². The first-order valence-corrected chi connectivity index (χ1v) is 6.82. The molecule has 0 radical (unpaired) electrons. The summed E-state index contributed by atoms with van der Waals surface area (Å²) in [6.45, 7) is 0.472. The Morgan fingerprint density at radius 1 is 1.33 bits per heavy atom. The van der Waals surface area contributed by atoms with E-state index < -0.39 is 11.0 Å². The standard InChI is InChI=1S/C13H13N3O4S/c1-20-13(17)15-10-4-2-3-9(7-10)14-8-11-5-6-12(21-11)16(18)19/h2-7,14H,8H2,1H3,(H,15,17). The first kappa shape index (κ1) is 14.8. The molecule has 0 fully saturated rings. The van der Waals surface area contributed by atoms with Crippen LogP contribution in [0.15, 0.2) is 36.4 Å². The van der Waals surface area contributed by atoms with Gasteiger partial charge in [0.1, 0.15) is 0 Å². The third-order valence-electron chi connectivity index (χ3n) is 2.59. The lowest BCUT2D eigenvalue weighted by Crippen LogP contribution is -2.11. The molecule has 8 heteroatoms. The highest BCUT2D eigenvalue weighted by atomic mass is 32.1. The molecule has 1 aromatic carbocycles. The van der Waals surface area contributed by atoms with Gasteiger partial charge in [-0.3, -0.25) is 15.4 Å². The second kappa shape index (κ2) is 6.71. The van der Waals surface area contributed by atoms with E-state index in [1.807, 2.05) is 6.07 Å². The van der Waals surface area contributed by atoms with Crippen LogP contribution in [-0.4, -0.2) is 18.1 Å². The molecule has 0 spiro atoms. The van der Waals surface area contributed by atoms with Crippen molar-refractivity contribution < 1.29 is 14.5 Å². The fourth-order valence-corrected chi connectivity index (χ4v) is 2.38. The van der Waals surface area contributed by atoms with Gasteiger partial charge in [-0.25, -0.2) is 4.79 Å². The Labute approximate surface area is 124 Å². The second-order valence-corrected chi connectivity index (χ2v) is 5.19. The molecule has 0 atom stereocenters. The highest BCUT2D eigenvalue weighted by Crippen LogP contribution is 2.25. The van der Waals surface area contributed by atoms with Crippen LogP contribution >= 0.6 is 11.3 Å². The van der Waals surface area contributed by atoms with Gasteiger partial charge in [0.05, 0.1) is 12.0 Å². The highest BCUT2D eigenvalue weighted by Gasteiger charge is 2.09. The molecule has 2 aromatic rings. The van der Waals surface area contributed by atoms with Gasteiger partial charge in [-0.05, 0) is 24.3 Å². The molecule has 2 rings (SSSR count). The van der Waals surface area contributed by atoms with Crippen LogP contribution in [0.5, 0.6) is 0 Å². The van der Waals surface area contributed by atoms with Crippen molar-refractivity contribution in [3.8, 4) is 0 Å². The minimum atomic E-state index is -0.541. The summed E-state index contributed by atoms with van der Waals surface area (Å²) in [5, 5.41) is 16.4. The largest absolute Gasteiger partial charge is 0.453 e. The third-order valence-corrected chi connectivity index (χ3v) is 3.63. The first-order valence-electron chi connectivity index (χ1n) is 6.00. The van der Waals surface area contributed by atoms with E-state index in [1.165, 1.54) is 13.2 Å². The number of hydrogen-bond acceptors (Lipinski definition) is 6. The Kier molecular flexibility index (Phi) is 4.72. The number of anilines is 2. The molecule has 0 bridgehead atoms. The van der Waals surface area contributed by atoms with Crippen molar-refractivity contribution in [1.29, 1.82) is 0 Å². The maximum Gasteiger partial charge on any atom is 0.411 e. The summed E-state index contributed by atoms with van der Waals surface area (Å²) >= 11 is 1.13. The number of nitrogens with zero attached hydrogens (tertiary/aromatic N) is 1.